The van der Waals surface area contributed by atoms with Gasteiger partial charge in [-0.3, -0.25) is 9.59 Å². The lowest BCUT2D eigenvalue weighted by Crippen LogP contribution is -2.55. The maximum Gasteiger partial charge on any atom is 0.261 e. The first kappa shape index (κ1) is 27.0. The molecule has 5 heteroatoms. The van der Waals surface area contributed by atoms with E-state index >= 15 is 0 Å². The molecule has 190 valence electrons. The van der Waals surface area contributed by atoms with Crippen molar-refractivity contribution < 1.29 is 14.3 Å². The fourth-order valence-electron chi connectivity index (χ4n) is 4.01. The van der Waals surface area contributed by atoms with E-state index in [2.05, 4.69) is 5.32 Å². The maximum absolute atomic E-state index is 13.7. The van der Waals surface area contributed by atoms with Gasteiger partial charge in [0.05, 0.1) is 0 Å². The summed E-state index contributed by atoms with van der Waals surface area (Å²) in [5.41, 5.74) is 4.89. The van der Waals surface area contributed by atoms with E-state index in [4.69, 9.17) is 4.74 Å². The zero-order valence-corrected chi connectivity index (χ0v) is 22.3. The quantitative estimate of drug-likeness (QED) is 0.432. The van der Waals surface area contributed by atoms with Crippen molar-refractivity contribution >= 4 is 11.8 Å². The van der Waals surface area contributed by atoms with Gasteiger partial charge in [-0.15, -0.1) is 0 Å². The first-order valence-electron chi connectivity index (χ1n) is 12.4. The van der Waals surface area contributed by atoms with E-state index < -0.39 is 11.6 Å². The van der Waals surface area contributed by atoms with E-state index in [9.17, 15) is 9.59 Å². The topological polar surface area (TPSA) is 58.6 Å². The van der Waals surface area contributed by atoms with Crippen LogP contribution in [0.2, 0.25) is 0 Å². The summed E-state index contributed by atoms with van der Waals surface area (Å²) in [5.74, 6) is 0.224. The molecule has 36 heavy (non-hydrogen) atoms. The molecule has 0 aliphatic carbocycles. The Labute approximate surface area is 215 Å². The molecule has 0 spiro atoms. The third-order valence-electron chi connectivity index (χ3n) is 6.21. The minimum atomic E-state index is -0.693. The van der Waals surface area contributed by atoms with Gasteiger partial charge in [0.2, 0.25) is 5.91 Å². The smallest absolute Gasteiger partial charge is 0.261 e. The molecule has 0 bridgehead atoms. The first-order valence-corrected chi connectivity index (χ1v) is 12.4. The van der Waals surface area contributed by atoms with E-state index in [0.29, 0.717) is 18.7 Å². The second kappa shape index (κ2) is 11.9. The summed E-state index contributed by atoms with van der Waals surface area (Å²) in [5, 5.41) is 3.09. The number of aryl methyl sites for hydroxylation is 3. The number of benzene rings is 3. The molecule has 0 aromatic heterocycles. The van der Waals surface area contributed by atoms with Crippen molar-refractivity contribution in [3.05, 3.63) is 101 Å². The molecule has 1 unspecified atom stereocenters. The molecule has 3 rings (SSSR count). The number of carbonyl (C=O) groups excluding carboxylic acids is 2. The summed E-state index contributed by atoms with van der Waals surface area (Å²) in [6.07, 6.45) is 0.407. The highest BCUT2D eigenvalue weighted by molar-refractivity contribution is 5.89. The van der Waals surface area contributed by atoms with Gasteiger partial charge in [-0.1, -0.05) is 60.7 Å². The van der Waals surface area contributed by atoms with E-state index in [1.807, 2.05) is 114 Å². The second-order valence-electron chi connectivity index (χ2n) is 10.4. The summed E-state index contributed by atoms with van der Waals surface area (Å²) in [6.45, 7) is 12.1. The molecule has 5 nitrogen and oxygen atoms in total. The molecular formula is C31H38N2O3. The van der Waals surface area contributed by atoms with Gasteiger partial charge in [-0.25, -0.2) is 0 Å². The lowest BCUT2D eigenvalue weighted by Gasteiger charge is -2.34. The monoisotopic (exact) mass is 486 g/mol. The minimum absolute atomic E-state index is 0.150. The zero-order valence-electron chi connectivity index (χ0n) is 22.3. The fourth-order valence-corrected chi connectivity index (χ4v) is 4.01. The number of nitrogens with one attached hydrogen (secondary N) is 1. The van der Waals surface area contributed by atoms with Crippen LogP contribution in [-0.2, 0) is 22.6 Å². The third-order valence-corrected chi connectivity index (χ3v) is 6.21. The van der Waals surface area contributed by atoms with Gasteiger partial charge in [0.25, 0.3) is 5.91 Å². The Morgan fingerprint density at radius 1 is 0.861 bits per heavy atom. The molecule has 0 fully saturated rings. The number of rotatable bonds is 9. The lowest BCUT2D eigenvalue weighted by molar-refractivity contribution is -0.143. The summed E-state index contributed by atoms with van der Waals surface area (Å²) in [6, 6.07) is 22.9. The summed E-state index contributed by atoms with van der Waals surface area (Å²) in [4.78, 5) is 29.0. The molecule has 3 aromatic carbocycles. The Morgan fingerprint density at radius 3 is 2.17 bits per heavy atom. The normalized spacial score (nSPS) is 12.1. The average molecular weight is 487 g/mol. The SMILES string of the molecule is Cc1ccc(OCC(=O)N(Cc2ccccc2C)C(Cc2ccccc2)C(=O)NC(C)(C)C)cc1C. The molecule has 0 heterocycles. The van der Waals surface area contributed by atoms with Crippen molar-refractivity contribution in [1.29, 1.82) is 0 Å². The molecule has 2 amide bonds. The largest absolute Gasteiger partial charge is 0.484 e. The highest BCUT2D eigenvalue weighted by Gasteiger charge is 2.32. The predicted octanol–water partition coefficient (Wildman–Crippen LogP) is 5.55. The Bertz CT molecular complexity index is 1180. The van der Waals surface area contributed by atoms with Crippen molar-refractivity contribution in [2.24, 2.45) is 0 Å². The number of nitrogens with zero attached hydrogens (tertiary/aromatic N) is 1. The lowest BCUT2D eigenvalue weighted by atomic mass is 10.00. The fraction of sp³-hybridized carbons (Fsp3) is 0.355. The first-order chi connectivity index (χ1) is 17.0. The Morgan fingerprint density at radius 2 is 1.53 bits per heavy atom. The summed E-state index contributed by atoms with van der Waals surface area (Å²) >= 11 is 0. The number of amides is 2. The van der Waals surface area contributed by atoms with E-state index in [1.165, 1.54) is 0 Å². The molecule has 0 saturated carbocycles. The van der Waals surface area contributed by atoms with Crippen molar-refractivity contribution in [1.82, 2.24) is 10.2 Å². The van der Waals surface area contributed by atoms with Crippen molar-refractivity contribution in [2.75, 3.05) is 6.61 Å². The maximum atomic E-state index is 13.7. The van der Waals surface area contributed by atoms with Crippen molar-refractivity contribution in [2.45, 2.75) is 66.1 Å². The van der Waals surface area contributed by atoms with E-state index in [1.54, 1.807) is 4.90 Å². The molecule has 3 aromatic rings. The highest BCUT2D eigenvalue weighted by Crippen LogP contribution is 2.20. The molecule has 0 saturated heterocycles. The summed E-state index contributed by atoms with van der Waals surface area (Å²) < 4.78 is 5.91. The van der Waals surface area contributed by atoms with Crippen LogP contribution in [0.4, 0.5) is 0 Å². The standard InChI is InChI=1S/C31H38N2O3/c1-22-16-17-27(18-24(22)3)36-21-29(34)33(20-26-15-11-10-12-23(26)2)28(30(35)32-31(4,5)6)19-25-13-8-7-9-14-25/h7-18,28H,19-21H2,1-6H3,(H,32,35). The minimum Gasteiger partial charge on any atom is -0.484 e. The van der Waals surface area contributed by atoms with Gasteiger partial charge in [0, 0.05) is 18.5 Å². The van der Waals surface area contributed by atoms with Crippen LogP contribution in [0.15, 0.2) is 72.8 Å². The Kier molecular flexibility index (Phi) is 8.92. The van der Waals surface area contributed by atoms with Crippen LogP contribution in [0, 0.1) is 20.8 Å². The van der Waals surface area contributed by atoms with Crippen LogP contribution >= 0.6 is 0 Å². The van der Waals surface area contributed by atoms with Crippen molar-refractivity contribution in [3.63, 3.8) is 0 Å². The zero-order chi connectivity index (χ0) is 26.3. The number of hydrogen-bond donors (Lipinski definition) is 1. The van der Waals surface area contributed by atoms with Crippen LogP contribution in [0.1, 0.15) is 48.6 Å². The average Bonchev–Trinajstić information content (AvgIpc) is 2.82. The van der Waals surface area contributed by atoms with Gasteiger partial charge in [-0.2, -0.15) is 0 Å². The van der Waals surface area contributed by atoms with Gasteiger partial charge in [-0.05, 0) is 81.5 Å². The molecule has 0 aliphatic heterocycles. The molecular weight excluding hydrogens is 448 g/mol. The molecule has 0 radical (unpaired) electrons. The predicted molar refractivity (Wildman–Crippen MR) is 145 cm³/mol. The van der Waals surface area contributed by atoms with Crippen LogP contribution in [0.5, 0.6) is 5.75 Å². The Hall–Kier alpha value is -3.60. The third kappa shape index (κ3) is 7.70. The number of ether oxygens (including phenoxy) is 1. The second-order valence-corrected chi connectivity index (χ2v) is 10.4. The summed E-state index contributed by atoms with van der Waals surface area (Å²) in [7, 11) is 0. The van der Waals surface area contributed by atoms with Crippen LogP contribution in [0.3, 0.4) is 0 Å². The van der Waals surface area contributed by atoms with Gasteiger partial charge < -0.3 is 15.0 Å². The number of carbonyl (C=O) groups is 2. The van der Waals surface area contributed by atoms with Crippen molar-refractivity contribution in [3.8, 4) is 5.75 Å². The van der Waals surface area contributed by atoms with Gasteiger partial charge in [0.15, 0.2) is 6.61 Å². The van der Waals surface area contributed by atoms with Crippen LogP contribution in [0.25, 0.3) is 0 Å². The van der Waals surface area contributed by atoms with Crippen LogP contribution in [-0.4, -0.2) is 34.9 Å². The Balaban J connectivity index is 1.94. The van der Waals surface area contributed by atoms with E-state index in [-0.39, 0.29) is 18.4 Å². The number of hydrogen-bond acceptors (Lipinski definition) is 3. The molecule has 1 atom stereocenters. The van der Waals surface area contributed by atoms with Gasteiger partial charge >= 0.3 is 0 Å². The molecule has 0 aliphatic rings. The highest BCUT2D eigenvalue weighted by atomic mass is 16.5. The van der Waals surface area contributed by atoms with E-state index in [0.717, 1.165) is 27.8 Å². The molecule has 1 N–H and O–H groups in total. The van der Waals surface area contributed by atoms with Crippen LogP contribution < -0.4 is 10.1 Å². The van der Waals surface area contributed by atoms with Gasteiger partial charge in [0.1, 0.15) is 11.8 Å².